The molecule has 0 aliphatic carbocycles. The number of rotatable bonds is 7. The molecular formula is C24H21N5O4S3. The molecule has 4 heterocycles. The van der Waals surface area contributed by atoms with Crippen LogP contribution < -0.4 is 16.3 Å². The third-order valence-corrected chi connectivity index (χ3v) is 8.62. The van der Waals surface area contributed by atoms with E-state index in [4.69, 9.17) is 0 Å². The molecule has 0 bridgehead atoms. The van der Waals surface area contributed by atoms with Crippen LogP contribution in [0.5, 0.6) is 0 Å². The third kappa shape index (κ3) is 4.10. The van der Waals surface area contributed by atoms with E-state index in [9.17, 15) is 19.2 Å². The second kappa shape index (κ2) is 9.52. The van der Waals surface area contributed by atoms with Crippen LogP contribution in [0.1, 0.15) is 19.4 Å². The molecule has 5 rings (SSSR count). The Morgan fingerprint density at radius 3 is 2.61 bits per heavy atom. The average Bonchev–Trinajstić information content (AvgIpc) is 3.60. The molecule has 36 heavy (non-hydrogen) atoms. The van der Waals surface area contributed by atoms with Gasteiger partial charge in [0.2, 0.25) is 5.91 Å². The molecule has 3 aromatic heterocycles. The summed E-state index contributed by atoms with van der Waals surface area (Å²) in [6.07, 6.45) is 0. The van der Waals surface area contributed by atoms with Crippen molar-refractivity contribution in [3.63, 3.8) is 0 Å². The van der Waals surface area contributed by atoms with Crippen molar-refractivity contribution in [2.45, 2.75) is 31.1 Å². The Hall–Kier alpha value is -3.48. The van der Waals surface area contributed by atoms with Crippen LogP contribution in [-0.2, 0) is 21.7 Å². The second-order valence-corrected chi connectivity index (χ2v) is 10.9. The fourth-order valence-corrected chi connectivity index (χ4v) is 6.66. The number of thioether (sulfide) groups is 1. The molecule has 0 spiro atoms. The molecule has 1 fully saturated rings. The molecular weight excluding hydrogens is 518 g/mol. The van der Waals surface area contributed by atoms with Gasteiger partial charge in [-0.1, -0.05) is 48.2 Å². The number of hydrazine groups is 1. The lowest BCUT2D eigenvalue weighted by Gasteiger charge is -2.22. The summed E-state index contributed by atoms with van der Waals surface area (Å²) in [5.74, 6) is -1.29. The Labute approximate surface area is 218 Å². The molecule has 184 valence electrons. The molecule has 1 saturated heterocycles. The maximum absolute atomic E-state index is 13.3. The van der Waals surface area contributed by atoms with Crippen molar-refractivity contribution in [2.24, 2.45) is 0 Å². The molecule has 4 amide bonds. The van der Waals surface area contributed by atoms with E-state index in [1.165, 1.54) is 15.9 Å². The predicted molar refractivity (Wildman–Crippen MR) is 141 cm³/mol. The predicted octanol–water partition coefficient (Wildman–Crippen LogP) is 3.80. The topological polar surface area (TPSA) is 113 Å². The standard InChI is InChI=1S/C24H21N5O4S3/c1-3-28-20(31)18-15(16-10-7-11-34-16)12-35-19(18)25-23(28)36-13-17(30)27-29-21(32)24(2,26-22(29)33)14-8-5-4-6-9-14/h4-12H,3,13H2,1-2H3,(H,26,33)(H,27,30)/t24-/m0/s1. The third-order valence-electron chi connectivity index (χ3n) is 5.87. The van der Waals surface area contributed by atoms with E-state index < -0.39 is 23.4 Å². The molecule has 0 radical (unpaired) electrons. The zero-order valence-electron chi connectivity index (χ0n) is 19.3. The lowest BCUT2D eigenvalue weighted by molar-refractivity contribution is -0.138. The van der Waals surface area contributed by atoms with E-state index in [1.54, 1.807) is 42.5 Å². The largest absolute Gasteiger partial charge is 0.344 e. The Kier molecular flexibility index (Phi) is 6.41. The first-order valence-electron chi connectivity index (χ1n) is 11.0. The van der Waals surface area contributed by atoms with E-state index in [2.05, 4.69) is 15.7 Å². The summed E-state index contributed by atoms with van der Waals surface area (Å²) in [6, 6.07) is 12.0. The number of carbonyl (C=O) groups is 3. The van der Waals surface area contributed by atoms with Crippen molar-refractivity contribution >= 4 is 62.5 Å². The van der Waals surface area contributed by atoms with Crippen LogP contribution in [0, 0.1) is 0 Å². The Morgan fingerprint density at radius 1 is 1.14 bits per heavy atom. The molecule has 1 atom stereocenters. The number of nitrogens with zero attached hydrogens (tertiary/aromatic N) is 3. The number of imide groups is 1. The lowest BCUT2D eigenvalue weighted by atomic mass is 9.92. The van der Waals surface area contributed by atoms with Gasteiger partial charge in [0.05, 0.1) is 11.1 Å². The van der Waals surface area contributed by atoms with Crippen molar-refractivity contribution in [1.29, 1.82) is 0 Å². The first kappa shape index (κ1) is 24.2. The van der Waals surface area contributed by atoms with Gasteiger partial charge in [0.1, 0.15) is 10.4 Å². The lowest BCUT2D eigenvalue weighted by Crippen LogP contribution is -2.48. The van der Waals surface area contributed by atoms with E-state index in [-0.39, 0.29) is 11.3 Å². The van der Waals surface area contributed by atoms with Crippen LogP contribution >= 0.6 is 34.4 Å². The van der Waals surface area contributed by atoms with Crippen LogP contribution in [0.4, 0.5) is 4.79 Å². The highest BCUT2D eigenvalue weighted by molar-refractivity contribution is 7.99. The fourth-order valence-electron chi connectivity index (χ4n) is 4.00. The number of benzene rings is 1. The van der Waals surface area contributed by atoms with Gasteiger partial charge in [-0.05, 0) is 30.9 Å². The summed E-state index contributed by atoms with van der Waals surface area (Å²) < 4.78 is 1.53. The molecule has 12 heteroatoms. The van der Waals surface area contributed by atoms with Gasteiger partial charge in [0, 0.05) is 22.4 Å². The molecule has 9 nitrogen and oxygen atoms in total. The van der Waals surface area contributed by atoms with Crippen LogP contribution in [0.3, 0.4) is 0 Å². The van der Waals surface area contributed by atoms with Crippen molar-refractivity contribution in [2.75, 3.05) is 5.75 Å². The second-order valence-electron chi connectivity index (χ2n) is 8.14. The fraction of sp³-hybridized carbons (Fsp3) is 0.208. The minimum absolute atomic E-state index is 0.139. The normalized spacial score (nSPS) is 17.6. The number of nitrogens with one attached hydrogen (secondary N) is 2. The number of thiophene rings is 2. The number of fused-ring (bicyclic) bond motifs is 1. The van der Waals surface area contributed by atoms with E-state index in [1.807, 2.05) is 35.9 Å². The van der Waals surface area contributed by atoms with E-state index >= 15 is 0 Å². The molecule has 1 aromatic carbocycles. The molecule has 2 N–H and O–H groups in total. The van der Waals surface area contributed by atoms with Crippen molar-refractivity contribution in [3.8, 4) is 10.4 Å². The molecule has 0 saturated carbocycles. The van der Waals surface area contributed by atoms with Gasteiger partial charge in [-0.2, -0.15) is 5.01 Å². The van der Waals surface area contributed by atoms with Gasteiger partial charge >= 0.3 is 6.03 Å². The van der Waals surface area contributed by atoms with E-state index in [0.29, 0.717) is 32.5 Å². The van der Waals surface area contributed by atoms with Crippen LogP contribution in [-0.4, -0.2) is 38.2 Å². The summed E-state index contributed by atoms with van der Waals surface area (Å²) >= 11 is 4.02. The first-order chi connectivity index (χ1) is 17.3. The first-order valence-corrected chi connectivity index (χ1v) is 13.8. The summed E-state index contributed by atoms with van der Waals surface area (Å²) in [6.45, 7) is 3.82. The van der Waals surface area contributed by atoms with Crippen molar-refractivity contribution in [3.05, 3.63) is 69.1 Å². The highest BCUT2D eigenvalue weighted by Crippen LogP contribution is 2.34. The Balaban J connectivity index is 1.33. The highest BCUT2D eigenvalue weighted by Gasteiger charge is 2.49. The quantitative estimate of drug-likeness (QED) is 0.210. The molecule has 1 aliphatic heterocycles. The number of aromatic nitrogens is 2. The van der Waals surface area contributed by atoms with Crippen molar-refractivity contribution < 1.29 is 14.4 Å². The molecule has 1 aliphatic rings. The van der Waals surface area contributed by atoms with E-state index in [0.717, 1.165) is 22.2 Å². The molecule has 0 unspecified atom stereocenters. The SMILES string of the molecule is CCn1c(SCC(=O)NN2C(=O)N[C@@](C)(c3ccccc3)C2=O)nc2scc(-c3cccs3)c2c1=O. The van der Waals surface area contributed by atoms with Gasteiger partial charge in [-0.3, -0.25) is 24.4 Å². The van der Waals surface area contributed by atoms with Gasteiger partial charge in [0.25, 0.3) is 11.5 Å². The number of carbonyl (C=O) groups excluding carboxylic acids is 3. The average molecular weight is 540 g/mol. The summed E-state index contributed by atoms with van der Waals surface area (Å²) in [7, 11) is 0. The zero-order chi connectivity index (χ0) is 25.4. The van der Waals surface area contributed by atoms with Gasteiger partial charge in [-0.25, -0.2) is 9.78 Å². The summed E-state index contributed by atoms with van der Waals surface area (Å²) in [5.41, 5.74) is 2.41. The van der Waals surface area contributed by atoms with Gasteiger partial charge in [0.15, 0.2) is 5.16 Å². The number of hydrogen-bond donors (Lipinski definition) is 2. The summed E-state index contributed by atoms with van der Waals surface area (Å²) in [4.78, 5) is 57.7. The highest BCUT2D eigenvalue weighted by atomic mass is 32.2. The molecule has 4 aromatic rings. The van der Waals surface area contributed by atoms with Crippen LogP contribution in [0.15, 0.2) is 63.2 Å². The van der Waals surface area contributed by atoms with Crippen molar-refractivity contribution in [1.82, 2.24) is 25.3 Å². The number of amides is 4. The van der Waals surface area contributed by atoms with Gasteiger partial charge < -0.3 is 5.32 Å². The zero-order valence-corrected chi connectivity index (χ0v) is 21.8. The van der Waals surface area contributed by atoms with Gasteiger partial charge in [-0.15, -0.1) is 22.7 Å². The Morgan fingerprint density at radius 2 is 1.92 bits per heavy atom. The van der Waals surface area contributed by atoms with Crippen LogP contribution in [0.25, 0.3) is 20.7 Å². The van der Waals surface area contributed by atoms with Crippen LogP contribution in [0.2, 0.25) is 0 Å². The minimum atomic E-state index is -1.28. The smallest absolute Gasteiger partial charge is 0.318 e. The monoisotopic (exact) mass is 539 g/mol. The maximum atomic E-state index is 13.3. The summed E-state index contributed by atoms with van der Waals surface area (Å²) in [5, 5.41) is 8.20. The minimum Gasteiger partial charge on any atom is -0.318 e. The number of hydrogen-bond acceptors (Lipinski definition) is 8. The number of urea groups is 1. The maximum Gasteiger partial charge on any atom is 0.344 e. The Bertz CT molecular complexity index is 1530.